The third-order valence-corrected chi connectivity index (χ3v) is 4.91. The number of carboxylic acids is 1. The molecule has 8 nitrogen and oxygen atoms in total. The van der Waals surface area contributed by atoms with E-state index in [9.17, 15) is 24.3 Å². The first-order valence-corrected chi connectivity index (χ1v) is 10.5. The summed E-state index contributed by atoms with van der Waals surface area (Å²) in [7, 11) is 0. The second-order valence-electron chi connectivity index (χ2n) is 7.20. The number of benzene rings is 3. The Morgan fingerprint density at radius 1 is 0.735 bits per heavy atom. The van der Waals surface area contributed by atoms with Crippen LogP contribution in [-0.4, -0.2) is 36.0 Å². The molecule has 3 aromatic carbocycles. The number of hydrogen-bond acceptors (Lipinski definition) is 7. The Morgan fingerprint density at radius 3 is 1.71 bits per heavy atom. The Hall–Kier alpha value is -4.46. The first kappa shape index (κ1) is 24.2. The van der Waals surface area contributed by atoms with E-state index in [0.717, 1.165) is 5.56 Å². The number of anilines is 1. The topological polar surface area (TPSA) is 122 Å². The molecule has 0 radical (unpaired) electrons. The van der Waals surface area contributed by atoms with Gasteiger partial charge in [0.25, 0.3) is 5.91 Å². The van der Waals surface area contributed by atoms with E-state index >= 15 is 0 Å². The molecule has 8 heteroatoms. The van der Waals surface area contributed by atoms with Crippen LogP contribution >= 0.6 is 0 Å². The molecule has 0 heterocycles. The molecular formula is C26H22NO7-. The highest BCUT2D eigenvalue weighted by Crippen LogP contribution is 2.19. The molecule has 0 saturated carbocycles. The summed E-state index contributed by atoms with van der Waals surface area (Å²) in [5.41, 5.74) is 1.32. The van der Waals surface area contributed by atoms with Crippen molar-refractivity contribution in [3.8, 4) is 0 Å². The van der Waals surface area contributed by atoms with Crippen LogP contribution in [0.15, 0.2) is 84.9 Å². The molecule has 0 aliphatic carbocycles. The van der Waals surface area contributed by atoms with E-state index in [1.54, 1.807) is 60.7 Å². The first-order chi connectivity index (χ1) is 16.4. The molecule has 0 aromatic heterocycles. The van der Waals surface area contributed by atoms with E-state index in [0.29, 0.717) is 12.1 Å². The molecule has 1 N–H and O–H groups in total. The van der Waals surface area contributed by atoms with Crippen molar-refractivity contribution in [3.63, 3.8) is 0 Å². The molecule has 3 rings (SSSR count). The van der Waals surface area contributed by atoms with Crippen LogP contribution in [0, 0.1) is 0 Å². The second-order valence-corrected chi connectivity index (χ2v) is 7.20. The summed E-state index contributed by atoms with van der Waals surface area (Å²) in [4.78, 5) is 50.3. The average Bonchev–Trinajstić information content (AvgIpc) is 2.87. The van der Waals surface area contributed by atoms with Gasteiger partial charge in [-0.25, -0.2) is 9.59 Å². The molecule has 34 heavy (non-hydrogen) atoms. The van der Waals surface area contributed by atoms with Crippen molar-refractivity contribution < 1.29 is 33.8 Å². The van der Waals surface area contributed by atoms with Crippen molar-refractivity contribution in [3.05, 3.63) is 102 Å². The number of hydrogen-bond donors (Lipinski definition) is 1. The zero-order chi connectivity index (χ0) is 24.5. The van der Waals surface area contributed by atoms with Crippen LogP contribution < -0.4 is 10.4 Å². The lowest BCUT2D eigenvalue weighted by molar-refractivity contribution is -0.317. The normalized spacial score (nSPS) is 12.1. The van der Waals surface area contributed by atoms with Crippen LogP contribution in [0.3, 0.4) is 0 Å². The van der Waals surface area contributed by atoms with Crippen molar-refractivity contribution >= 4 is 29.5 Å². The number of esters is 2. The maximum absolute atomic E-state index is 13.1. The number of ether oxygens (including phenoxy) is 2. The minimum absolute atomic E-state index is 0.0543. The van der Waals surface area contributed by atoms with Crippen molar-refractivity contribution in [1.82, 2.24) is 0 Å². The maximum Gasteiger partial charge on any atom is 0.339 e. The largest absolute Gasteiger partial charge is 0.546 e. The monoisotopic (exact) mass is 460 g/mol. The van der Waals surface area contributed by atoms with E-state index in [2.05, 4.69) is 5.32 Å². The Morgan fingerprint density at radius 2 is 1.21 bits per heavy atom. The quantitative estimate of drug-likeness (QED) is 0.487. The summed E-state index contributed by atoms with van der Waals surface area (Å²) in [6.07, 6.45) is -3.64. The molecular weight excluding hydrogens is 438 g/mol. The Labute approximate surface area is 196 Å². The number of amides is 1. The van der Waals surface area contributed by atoms with Gasteiger partial charge >= 0.3 is 11.9 Å². The van der Waals surface area contributed by atoms with Crippen molar-refractivity contribution in [2.24, 2.45) is 0 Å². The van der Waals surface area contributed by atoms with Gasteiger partial charge in [-0.15, -0.1) is 0 Å². The van der Waals surface area contributed by atoms with Gasteiger partial charge in [-0.05, 0) is 42.3 Å². The van der Waals surface area contributed by atoms with E-state index in [1.807, 2.05) is 6.92 Å². The molecule has 2 atom stereocenters. The standard InChI is InChI=1S/C26H23NO7/c1-2-17-11-9-10-16-20(17)27-23(28)21(33-25(31)18-12-5-3-6-13-18)22(24(29)30)34-26(32)19-14-7-4-8-15-19/h3-16,21-22H,2H2,1H3,(H,27,28)(H,29,30)/p-1/t21-,22+/m0/s1. The fourth-order valence-electron chi connectivity index (χ4n) is 3.16. The van der Waals surface area contributed by atoms with Gasteiger partial charge in [0.1, 0.15) is 0 Å². The zero-order valence-corrected chi connectivity index (χ0v) is 18.3. The van der Waals surface area contributed by atoms with Gasteiger partial charge in [-0.2, -0.15) is 0 Å². The average molecular weight is 460 g/mol. The number of nitrogens with one attached hydrogen (secondary N) is 1. The third kappa shape index (κ3) is 6.07. The maximum atomic E-state index is 13.1. The highest BCUT2D eigenvalue weighted by molar-refractivity contribution is 6.01. The van der Waals surface area contributed by atoms with Crippen molar-refractivity contribution in [1.29, 1.82) is 0 Å². The first-order valence-electron chi connectivity index (χ1n) is 10.5. The fraction of sp³-hybridized carbons (Fsp3) is 0.154. The lowest BCUT2D eigenvalue weighted by Crippen LogP contribution is -2.52. The zero-order valence-electron chi connectivity index (χ0n) is 18.3. The van der Waals surface area contributed by atoms with Crippen LogP contribution in [0.25, 0.3) is 0 Å². The van der Waals surface area contributed by atoms with Crippen LogP contribution in [0.2, 0.25) is 0 Å². The fourth-order valence-corrected chi connectivity index (χ4v) is 3.16. The van der Waals surface area contributed by atoms with E-state index in [4.69, 9.17) is 9.47 Å². The minimum atomic E-state index is -2.20. The summed E-state index contributed by atoms with van der Waals surface area (Å²) < 4.78 is 10.3. The van der Waals surface area contributed by atoms with Crippen LogP contribution in [0.1, 0.15) is 33.2 Å². The Kier molecular flexibility index (Phi) is 8.12. The summed E-state index contributed by atoms with van der Waals surface area (Å²) in [5.74, 6) is -4.86. The number of carbonyl (C=O) groups is 4. The van der Waals surface area contributed by atoms with Gasteiger partial charge in [0.05, 0.1) is 17.1 Å². The van der Waals surface area contributed by atoms with Gasteiger partial charge in [-0.3, -0.25) is 4.79 Å². The van der Waals surface area contributed by atoms with Gasteiger partial charge < -0.3 is 24.7 Å². The summed E-state index contributed by atoms with van der Waals surface area (Å²) >= 11 is 0. The number of carbonyl (C=O) groups excluding carboxylic acids is 4. The van der Waals surface area contributed by atoms with Gasteiger partial charge in [0.15, 0.2) is 6.10 Å². The molecule has 0 aliphatic rings. The smallest absolute Gasteiger partial charge is 0.339 e. The molecule has 0 fully saturated rings. The Bertz CT molecular complexity index is 1160. The van der Waals surface area contributed by atoms with Gasteiger partial charge in [0, 0.05) is 5.69 Å². The lowest BCUT2D eigenvalue weighted by atomic mass is 10.1. The van der Waals surface area contributed by atoms with E-state index < -0.39 is 36.0 Å². The van der Waals surface area contributed by atoms with Crippen LogP contribution in [-0.2, 0) is 25.5 Å². The molecule has 3 aromatic rings. The number of aliphatic carboxylic acids is 1. The summed E-state index contributed by atoms with van der Waals surface area (Å²) in [5, 5.41) is 14.5. The molecule has 0 bridgehead atoms. The van der Waals surface area contributed by atoms with Crippen molar-refractivity contribution in [2.75, 3.05) is 5.32 Å². The van der Waals surface area contributed by atoms with Gasteiger partial charge in [-0.1, -0.05) is 61.5 Å². The SMILES string of the molecule is CCc1ccccc1NC(=O)[C@@H](OC(=O)c1ccccc1)[C@@H](OC(=O)c1ccccc1)C(=O)[O-]. The Balaban J connectivity index is 1.92. The number of para-hydroxylation sites is 1. The molecule has 1 amide bonds. The lowest BCUT2D eigenvalue weighted by Gasteiger charge is -2.27. The number of carboxylic acid groups (broad SMARTS) is 1. The highest BCUT2D eigenvalue weighted by atomic mass is 16.6. The molecule has 0 unspecified atom stereocenters. The third-order valence-electron chi connectivity index (χ3n) is 4.91. The van der Waals surface area contributed by atoms with E-state index in [-0.39, 0.29) is 11.1 Å². The number of aryl methyl sites for hydroxylation is 1. The molecule has 174 valence electrons. The number of rotatable bonds is 9. The summed E-state index contributed by atoms with van der Waals surface area (Å²) in [6, 6.07) is 22.2. The second kappa shape index (κ2) is 11.4. The highest BCUT2D eigenvalue weighted by Gasteiger charge is 2.37. The predicted molar refractivity (Wildman–Crippen MR) is 121 cm³/mol. The van der Waals surface area contributed by atoms with Gasteiger partial charge in [0.2, 0.25) is 6.10 Å². The molecule has 0 aliphatic heterocycles. The predicted octanol–water partition coefficient (Wildman–Crippen LogP) is 2.39. The van der Waals surface area contributed by atoms with Crippen LogP contribution in [0.4, 0.5) is 5.69 Å². The summed E-state index contributed by atoms with van der Waals surface area (Å²) in [6.45, 7) is 1.88. The minimum Gasteiger partial charge on any atom is -0.546 e. The molecule has 0 spiro atoms. The molecule has 0 saturated heterocycles. The van der Waals surface area contributed by atoms with Crippen LogP contribution in [0.5, 0.6) is 0 Å². The van der Waals surface area contributed by atoms with E-state index in [1.165, 1.54) is 24.3 Å². The van der Waals surface area contributed by atoms with Crippen molar-refractivity contribution in [2.45, 2.75) is 25.6 Å².